The van der Waals surface area contributed by atoms with E-state index in [4.69, 9.17) is 10.5 Å². The lowest BCUT2D eigenvalue weighted by Crippen LogP contribution is -1.93. The van der Waals surface area contributed by atoms with E-state index in [1.807, 2.05) is 0 Å². The largest absolute Gasteiger partial charge is 0.495 e. The maximum atomic E-state index is 9.92. The van der Waals surface area contributed by atoms with Crippen LogP contribution in [0.15, 0.2) is 23.4 Å². The Kier molecular flexibility index (Phi) is 2.63. The van der Waals surface area contributed by atoms with E-state index >= 15 is 0 Å². The molecule has 1 aromatic carbocycles. The van der Waals surface area contributed by atoms with E-state index in [0.29, 0.717) is 11.4 Å². The van der Waals surface area contributed by atoms with Gasteiger partial charge in [0.05, 0.1) is 12.8 Å². The topological polar surface area (TPSA) is 64.7 Å². The van der Waals surface area contributed by atoms with Gasteiger partial charge in [-0.05, 0) is 17.7 Å². The van der Waals surface area contributed by atoms with Crippen molar-refractivity contribution in [2.45, 2.75) is 6.54 Å². The molecule has 0 spiro atoms. The molecule has 0 aliphatic heterocycles. The Morgan fingerprint density at radius 2 is 2.33 bits per heavy atom. The number of nitrogen functional groups attached to an aromatic ring is 1. The molecule has 0 heterocycles. The fourth-order valence-electron chi connectivity index (χ4n) is 0.957. The van der Waals surface area contributed by atoms with Gasteiger partial charge in [0.25, 0.3) is 0 Å². The normalized spacial score (nSPS) is 9.42. The molecule has 0 saturated carbocycles. The van der Waals surface area contributed by atoms with E-state index in [1.165, 1.54) is 0 Å². The Labute approximate surface area is 70.3 Å². The monoisotopic (exact) mass is 166 g/mol. The summed E-state index contributed by atoms with van der Waals surface area (Å²) in [7, 11) is 1.54. The summed E-state index contributed by atoms with van der Waals surface area (Å²) in [5, 5.41) is 2.76. The molecule has 0 aliphatic rings. The Morgan fingerprint density at radius 3 is 2.83 bits per heavy atom. The molecule has 0 aromatic heterocycles. The van der Waals surface area contributed by atoms with Crippen molar-refractivity contribution < 1.29 is 4.74 Å². The van der Waals surface area contributed by atoms with Gasteiger partial charge in [-0.3, -0.25) is 0 Å². The van der Waals surface area contributed by atoms with Gasteiger partial charge < -0.3 is 10.5 Å². The summed E-state index contributed by atoms with van der Waals surface area (Å²) in [6.07, 6.45) is 0. The van der Waals surface area contributed by atoms with Crippen molar-refractivity contribution in [3.8, 4) is 5.75 Å². The van der Waals surface area contributed by atoms with Crippen LogP contribution in [-0.2, 0) is 6.54 Å². The van der Waals surface area contributed by atoms with E-state index < -0.39 is 0 Å². The lowest BCUT2D eigenvalue weighted by molar-refractivity contribution is 0.417. The van der Waals surface area contributed by atoms with Crippen molar-refractivity contribution in [3.63, 3.8) is 0 Å². The lowest BCUT2D eigenvalue weighted by atomic mass is 10.2. The minimum atomic E-state index is 0.147. The summed E-state index contributed by atoms with van der Waals surface area (Å²) in [4.78, 5) is 9.92. The second-order valence-electron chi connectivity index (χ2n) is 2.36. The highest BCUT2D eigenvalue weighted by Crippen LogP contribution is 2.21. The number of hydrogen-bond donors (Lipinski definition) is 1. The molecule has 0 fully saturated rings. The maximum absolute atomic E-state index is 9.92. The van der Waals surface area contributed by atoms with Crippen LogP contribution < -0.4 is 10.5 Å². The molecule has 0 atom stereocenters. The number of methoxy groups -OCH3 is 1. The van der Waals surface area contributed by atoms with Gasteiger partial charge >= 0.3 is 0 Å². The number of rotatable bonds is 3. The fraction of sp³-hybridized carbons (Fsp3) is 0.250. The van der Waals surface area contributed by atoms with Crippen LogP contribution in [0.4, 0.5) is 5.69 Å². The van der Waals surface area contributed by atoms with E-state index in [9.17, 15) is 4.91 Å². The smallest absolute Gasteiger partial charge is 0.141 e. The van der Waals surface area contributed by atoms with E-state index in [0.717, 1.165) is 5.56 Å². The van der Waals surface area contributed by atoms with Crippen LogP contribution >= 0.6 is 0 Å². The van der Waals surface area contributed by atoms with Crippen LogP contribution in [0.2, 0.25) is 0 Å². The first-order chi connectivity index (χ1) is 5.77. The average Bonchev–Trinajstić information content (AvgIpc) is 2.05. The SMILES string of the molecule is COc1ccc(CN=O)cc1N. The molecule has 2 N–H and O–H groups in total. The standard InChI is InChI=1S/C8H10N2O2/c1-12-8-3-2-6(5-10-11)4-7(8)9/h2-4H,5,9H2,1H3. The first-order valence-corrected chi connectivity index (χ1v) is 3.49. The number of anilines is 1. The van der Waals surface area contributed by atoms with Crippen molar-refractivity contribution in [2.75, 3.05) is 12.8 Å². The highest BCUT2D eigenvalue weighted by atomic mass is 16.5. The summed E-state index contributed by atoms with van der Waals surface area (Å²) >= 11 is 0. The molecule has 0 bridgehead atoms. The van der Waals surface area contributed by atoms with Crippen molar-refractivity contribution in [3.05, 3.63) is 28.7 Å². The van der Waals surface area contributed by atoms with Gasteiger partial charge in [0.2, 0.25) is 0 Å². The Bertz CT molecular complexity index is 286. The Hall–Kier alpha value is -1.58. The van der Waals surface area contributed by atoms with Gasteiger partial charge in [0.15, 0.2) is 0 Å². The van der Waals surface area contributed by atoms with Gasteiger partial charge in [-0.15, -0.1) is 0 Å². The number of ether oxygens (including phenoxy) is 1. The van der Waals surface area contributed by atoms with Crippen molar-refractivity contribution >= 4 is 5.69 Å². The maximum Gasteiger partial charge on any atom is 0.141 e. The number of nitrogens with zero attached hydrogens (tertiary/aromatic N) is 1. The van der Waals surface area contributed by atoms with Crippen molar-refractivity contribution in [1.29, 1.82) is 0 Å². The minimum absolute atomic E-state index is 0.147. The third-order valence-electron chi connectivity index (χ3n) is 1.54. The first kappa shape index (κ1) is 8.52. The third kappa shape index (κ3) is 1.72. The predicted octanol–water partition coefficient (Wildman–Crippen LogP) is 1.54. The molecule has 12 heavy (non-hydrogen) atoms. The lowest BCUT2D eigenvalue weighted by Gasteiger charge is -2.04. The van der Waals surface area contributed by atoms with Crippen LogP contribution in [0.5, 0.6) is 5.75 Å². The zero-order valence-corrected chi connectivity index (χ0v) is 6.78. The van der Waals surface area contributed by atoms with Gasteiger partial charge in [0, 0.05) is 0 Å². The summed E-state index contributed by atoms with van der Waals surface area (Å²) < 4.78 is 4.94. The van der Waals surface area contributed by atoms with Crippen LogP contribution in [0.25, 0.3) is 0 Å². The Balaban J connectivity index is 2.93. The number of nitrogens with two attached hydrogens (primary N) is 1. The zero-order valence-electron chi connectivity index (χ0n) is 6.78. The average molecular weight is 166 g/mol. The van der Waals surface area contributed by atoms with E-state index in [1.54, 1.807) is 25.3 Å². The Morgan fingerprint density at radius 1 is 1.58 bits per heavy atom. The first-order valence-electron chi connectivity index (χ1n) is 3.49. The highest BCUT2D eigenvalue weighted by Gasteiger charge is 1.99. The molecule has 1 aromatic rings. The molecule has 0 amide bonds. The molecule has 1 rings (SSSR count). The van der Waals surface area contributed by atoms with Gasteiger partial charge in [-0.1, -0.05) is 11.2 Å². The number of nitroso groups, excluding NO2 is 1. The molecular formula is C8H10N2O2. The summed E-state index contributed by atoms with van der Waals surface area (Å²) in [6.45, 7) is 0.147. The molecule has 4 nitrogen and oxygen atoms in total. The third-order valence-corrected chi connectivity index (χ3v) is 1.54. The van der Waals surface area contributed by atoms with Crippen molar-refractivity contribution in [2.24, 2.45) is 5.18 Å². The highest BCUT2D eigenvalue weighted by molar-refractivity contribution is 5.54. The molecule has 0 saturated heterocycles. The summed E-state index contributed by atoms with van der Waals surface area (Å²) in [6, 6.07) is 5.16. The summed E-state index contributed by atoms with van der Waals surface area (Å²) in [5.41, 5.74) is 6.91. The quantitative estimate of drug-likeness (QED) is 0.547. The molecule has 0 radical (unpaired) electrons. The number of hydrogen-bond acceptors (Lipinski definition) is 4. The predicted molar refractivity (Wildman–Crippen MR) is 46.9 cm³/mol. The van der Waals surface area contributed by atoms with Gasteiger partial charge in [-0.25, -0.2) is 0 Å². The second-order valence-corrected chi connectivity index (χ2v) is 2.36. The van der Waals surface area contributed by atoms with Gasteiger partial charge in [0.1, 0.15) is 12.3 Å². The zero-order chi connectivity index (χ0) is 8.97. The van der Waals surface area contributed by atoms with Crippen LogP contribution in [0.1, 0.15) is 5.56 Å². The number of benzene rings is 1. The van der Waals surface area contributed by atoms with Crippen LogP contribution in [0, 0.1) is 4.91 Å². The second kappa shape index (κ2) is 3.71. The minimum Gasteiger partial charge on any atom is -0.495 e. The summed E-state index contributed by atoms with van der Waals surface area (Å²) in [5.74, 6) is 0.615. The van der Waals surface area contributed by atoms with E-state index in [2.05, 4.69) is 5.18 Å². The van der Waals surface area contributed by atoms with Crippen LogP contribution in [-0.4, -0.2) is 7.11 Å². The van der Waals surface area contributed by atoms with Crippen molar-refractivity contribution in [1.82, 2.24) is 0 Å². The molecule has 4 heteroatoms. The van der Waals surface area contributed by atoms with Gasteiger partial charge in [-0.2, -0.15) is 4.91 Å². The fourth-order valence-corrected chi connectivity index (χ4v) is 0.957. The molecular weight excluding hydrogens is 156 g/mol. The molecule has 0 unspecified atom stereocenters. The molecule has 64 valence electrons. The van der Waals surface area contributed by atoms with E-state index in [-0.39, 0.29) is 6.54 Å². The molecule has 0 aliphatic carbocycles. The van der Waals surface area contributed by atoms with Crippen LogP contribution in [0.3, 0.4) is 0 Å².